The zero-order chi connectivity index (χ0) is 69.3. The number of hydrogen-bond acceptors (Lipinski definition) is 2. The molecule has 2 aliphatic carbocycles. The molecule has 2 spiro atoms. The van der Waals surface area contributed by atoms with Crippen LogP contribution in [0.15, 0.2) is 231 Å². The Balaban J connectivity index is 0.996. The van der Waals surface area contributed by atoms with E-state index in [4.69, 9.17) is 0 Å². The van der Waals surface area contributed by atoms with E-state index >= 15 is 0 Å². The molecule has 0 unspecified atom stereocenters. The first-order valence-corrected chi connectivity index (χ1v) is 37.3. The minimum Gasteiger partial charge on any atom is -0.310 e. The van der Waals surface area contributed by atoms with Crippen molar-refractivity contribution in [2.45, 2.75) is 157 Å². The summed E-state index contributed by atoms with van der Waals surface area (Å²) in [5, 5.41) is 0. The molecule has 492 valence electrons. The maximum absolute atomic E-state index is 2.71. The largest absolute Gasteiger partial charge is 0.310 e. The molecule has 12 aromatic carbocycles. The molecule has 0 saturated carbocycles. The van der Waals surface area contributed by atoms with E-state index in [9.17, 15) is 0 Å². The molecular weight excluding hydrogens is 1200 g/mol. The second-order valence-corrected chi connectivity index (χ2v) is 32.1. The van der Waals surface area contributed by atoms with Gasteiger partial charge in [0.25, 0.3) is 0 Å². The molecule has 17 rings (SSSR count). The van der Waals surface area contributed by atoms with Gasteiger partial charge in [0.1, 0.15) is 0 Å². The van der Waals surface area contributed by atoms with Crippen LogP contribution in [0, 0.1) is 27.7 Å². The van der Waals surface area contributed by atoms with Crippen molar-refractivity contribution in [3.8, 4) is 22.3 Å². The average molecular weight is 1300 g/mol. The van der Waals surface area contributed by atoms with Crippen LogP contribution in [0.4, 0.5) is 34.1 Å². The van der Waals surface area contributed by atoms with Crippen LogP contribution in [0.3, 0.4) is 0 Å². The van der Waals surface area contributed by atoms with Gasteiger partial charge in [0.05, 0.1) is 33.6 Å². The molecule has 5 aliphatic rings. The van der Waals surface area contributed by atoms with E-state index in [0.717, 1.165) is 0 Å². The predicted molar refractivity (Wildman–Crippen MR) is 430 cm³/mol. The summed E-state index contributed by atoms with van der Waals surface area (Å²) in [6.45, 7) is 38.0. The normalized spacial score (nSPS) is 14.6. The zero-order valence-electron chi connectivity index (χ0n) is 61.5. The van der Waals surface area contributed by atoms with Crippen molar-refractivity contribution >= 4 is 80.3 Å². The van der Waals surface area contributed by atoms with Crippen LogP contribution in [0.5, 0.6) is 0 Å². The number of benzene rings is 12. The highest BCUT2D eigenvalue weighted by Crippen LogP contribution is 2.66. The van der Waals surface area contributed by atoms with E-state index in [-0.39, 0.29) is 37.1 Å². The molecule has 0 bridgehead atoms. The summed E-state index contributed by atoms with van der Waals surface area (Å²) in [4.78, 5) is 5.34. The van der Waals surface area contributed by atoms with Gasteiger partial charge in [-0.15, -0.1) is 0 Å². The van der Waals surface area contributed by atoms with Crippen LogP contribution in [0.2, 0.25) is 0 Å². The van der Waals surface area contributed by atoms with Crippen LogP contribution in [-0.4, -0.2) is 13.4 Å². The summed E-state index contributed by atoms with van der Waals surface area (Å²) in [7, 11) is 0. The quantitative estimate of drug-likeness (QED) is 0.126. The number of nitrogens with zero attached hydrogens (tertiary/aromatic N) is 2. The summed E-state index contributed by atoms with van der Waals surface area (Å²) < 4.78 is 0. The standard InChI is InChI=1S/C96H92B2N2/c1-55(2)65-49-73(57(5)6)93(74(50-65)58(7)8)97-85-39-37-67(99-89-41-33-61(13)45-81(89)95(82-46-62(14)34-42-90(82)99)77-29-21-17-25-69(77)70-26-18-22-30-78(70)95)53-87(85)98(94-75(59(9)10)51-66(56(3)4)52-76(94)60(11)12)88-54-68(38-40-86(88)97)100-91-43-35-63(15)47-83(91)96(84-48-64(16)36-44-92(84)100)79-31-23-19-27-71(79)72-28-20-24-32-80(72)96/h17-60H,1-16H3. The molecule has 4 heteroatoms. The SMILES string of the molecule is Cc1ccc2c(c1)C1(c3ccccc3-c3ccccc31)c1cc(C)ccc1N2c1ccc2c(c1)B(c1c(C(C)C)cc(C(C)C)cc1C(C)C)c1cc(N3c4ccc(C)cc4C4(c5ccccc5-c5ccccc54)c4cc(C)ccc43)ccc1B2c1c(C(C)C)cc(C(C)C)cc1C(C)C. The van der Waals surface area contributed by atoms with Crippen LogP contribution in [-0.2, 0) is 10.8 Å². The fourth-order valence-electron chi connectivity index (χ4n) is 19.4. The Labute approximate surface area is 596 Å². The van der Waals surface area contributed by atoms with Gasteiger partial charge in [0, 0.05) is 11.4 Å². The smallest absolute Gasteiger partial charge is 0.240 e. The first kappa shape index (κ1) is 63.8. The molecule has 0 amide bonds. The molecule has 12 aromatic rings. The topological polar surface area (TPSA) is 6.48 Å². The fourth-order valence-corrected chi connectivity index (χ4v) is 19.4. The van der Waals surface area contributed by atoms with Gasteiger partial charge >= 0.3 is 0 Å². The van der Waals surface area contributed by atoms with Gasteiger partial charge in [-0.05, 0) is 212 Å². The van der Waals surface area contributed by atoms with Crippen molar-refractivity contribution < 1.29 is 0 Å². The van der Waals surface area contributed by atoms with Gasteiger partial charge in [-0.2, -0.15) is 0 Å². The maximum atomic E-state index is 2.71. The highest BCUT2D eigenvalue weighted by molar-refractivity contribution is 7.11. The van der Waals surface area contributed by atoms with Gasteiger partial charge in [-0.3, -0.25) is 0 Å². The number of aryl methyl sites for hydroxylation is 4. The fraction of sp³-hybridized carbons (Fsp3) is 0.250. The van der Waals surface area contributed by atoms with Crippen molar-refractivity contribution in [1.29, 1.82) is 0 Å². The van der Waals surface area contributed by atoms with Gasteiger partial charge < -0.3 is 9.80 Å². The minimum absolute atomic E-state index is 0.0812. The molecule has 2 nitrogen and oxygen atoms in total. The lowest BCUT2D eigenvalue weighted by atomic mass is 9.20. The number of fused-ring (bicyclic) bond motifs is 20. The molecule has 0 N–H and O–H groups in total. The van der Waals surface area contributed by atoms with Crippen LogP contribution in [0.25, 0.3) is 22.3 Å². The van der Waals surface area contributed by atoms with Crippen LogP contribution >= 0.6 is 0 Å². The lowest BCUT2D eigenvalue weighted by molar-refractivity contribution is 0.750. The van der Waals surface area contributed by atoms with Gasteiger partial charge in [-0.25, -0.2) is 0 Å². The van der Waals surface area contributed by atoms with Gasteiger partial charge in [-0.1, -0.05) is 320 Å². The highest BCUT2D eigenvalue weighted by atomic mass is 15.2. The van der Waals surface area contributed by atoms with E-state index in [1.54, 1.807) is 0 Å². The molecule has 0 atom stereocenters. The summed E-state index contributed by atoms with van der Waals surface area (Å²) in [5.74, 6) is 1.77. The van der Waals surface area contributed by atoms with Gasteiger partial charge in [0.15, 0.2) is 0 Å². The Morgan fingerprint density at radius 3 is 0.770 bits per heavy atom. The van der Waals surface area contributed by atoms with Crippen LogP contribution < -0.4 is 42.6 Å². The Morgan fingerprint density at radius 2 is 0.510 bits per heavy atom. The van der Waals surface area contributed by atoms with Crippen molar-refractivity contribution in [2.24, 2.45) is 0 Å². The number of rotatable bonds is 10. The Bertz CT molecular complexity index is 4860. The molecule has 0 saturated heterocycles. The number of anilines is 6. The van der Waals surface area contributed by atoms with Crippen molar-refractivity contribution in [1.82, 2.24) is 0 Å². The van der Waals surface area contributed by atoms with E-state index in [1.165, 1.54) is 189 Å². The molecule has 0 fully saturated rings. The first-order valence-electron chi connectivity index (χ1n) is 37.3. The van der Waals surface area contributed by atoms with E-state index in [0.29, 0.717) is 11.8 Å². The first-order chi connectivity index (χ1) is 48.2. The van der Waals surface area contributed by atoms with E-state index in [1.807, 2.05) is 0 Å². The third kappa shape index (κ3) is 9.09. The Hall–Kier alpha value is -9.63. The lowest BCUT2D eigenvalue weighted by Gasteiger charge is -2.46. The molecular formula is C96H92B2N2. The summed E-state index contributed by atoms with van der Waals surface area (Å²) in [6.07, 6.45) is 0. The zero-order valence-corrected chi connectivity index (χ0v) is 61.5. The maximum Gasteiger partial charge on any atom is 0.240 e. The summed E-state index contributed by atoms with van der Waals surface area (Å²) >= 11 is 0. The third-order valence-electron chi connectivity index (χ3n) is 23.9. The van der Waals surface area contributed by atoms with Crippen molar-refractivity contribution in [3.05, 3.63) is 331 Å². The molecule has 3 aliphatic heterocycles. The van der Waals surface area contributed by atoms with E-state index < -0.39 is 10.8 Å². The molecule has 0 radical (unpaired) electrons. The third-order valence-corrected chi connectivity index (χ3v) is 23.9. The van der Waals surface area contributed by atoms with Crippen molar-refractivity contribution in [3.63, 3.8) is 0 Å². The van der Waals surface area contributed by atoms with Crippen molar-refractivity contribution in [2.75, 3.05) is 9.80 Å². The highest BCUT2D eigenvalue weighted by Gasteiger charge is 2.55. The Kier molecular flexibility index (Phi) is 15.0. The second kappa shape index (κ2) is 23.5. The average Bonchev–Trinajstić information content (AvgIpc) is 1.42. The summed E-state index contributed by atoms with van der Waals surface area (Å²) in [5.41, 5.74) is 44.3. The van der Waals surface area contributed by atoms with Gasteiger partial charge in [0.2, 0.25) is 13.4 Å². The molecule has 0 aromatic heterocycles. The number of hydrogen-bond donors (Lipinski definition) is 0. The molecule has 100 heavy (non-hydrogen) atoms. The van der Waals surface area contributed by atoms with Crippen LogP contribution in [0.1, 0.15) is 219 Å². The molecule has 3 heterocycles. The predicted octanol–water partition coefficient (Wildman–Crippen LogP) is 21.3. The Morgan fingerprint density at radius 1 is 0.250 bits per heavy atom. The minimum atomic E-state index is -0.546. The lowest BCUT2D eigenvalue weighted by Crippen LogP contribution is -2.76. The second-order valence-electron chi connectivity index (χ2n) is 32.1. The monoisotopic (exact) mass is 1290 g/mol. The van der Waals surface area contributed by atoms with E-state index in [2.05, 4.69) is 351 Å². The summed E-state index contributed by atoms with van der Waals surface area (Å²) in [6, 6.07) is 92.5.